The second-order valence-corrected chi connectivity index (χ2v) is 14.1. The molecule has 8 N–H and O–H groups in total. The van der Waals surface area contributed by atoms with Gasteiger partial charge in [-0.05, 0) is 37.5 Å². The van der Waals surface area contributed by atoms with Gasteiger partial charge in [0.05, 0.1) is 17.8 Å². The lowest BCUT2D eigenvalue weighted by atomic mass is 9.85. The molecule has 0 unspecified atom stereocenters. The number of nitrogen functional groups attached to an aromatic ring is 3. The molecule has 3 aliphatic rings. The molecule has 3 aromatic heterocycles. The zero-order valence-electron chi connectivity index (χ0n) is 32.5. The number of alkyl halides is 3. The Labute approximate surface area is 326 Å². The molecule has 0 aliphatic carbocycles. The average Bonchev–Trinajstić information content (AvgIpc) is 3.71. The van der Waals surface area contributed by atoms with E-state index in [4.69, 9.17) is 31.4 Å². The molecule has 3 aliphatic heterocycles. The molecule has 314 valence electrons. The van der Waals surface area contributed by atoms with E-state index in [0.717, 1.165) is 13.7 Å². The second-order valence-electron chi connectivity index (χ2n) is 14.1. The Morgan fingerprint density at radius 3 is 1.25 bits per heavy atom. The van der Waals surface area contributed by atoms with Crippen molar-refractivity contribution in [2.24, 2.45) is 11.8 Å². The molecule has 0 saturated carbocycles. The maximum atomic E-state index is 14.4. The van der Waals surface area contributed by atoms with E-state index in [1.54, 1.807) is 32.9 Å². The van der Waals surface area contributed by atoms with Crippen LogP contribution >= 0.6 is 0 Å². The van der Waals surface area contributed by atoms with Gasteiger partial charge in [-0.15, -0.1) is 13.2 Å². The Hall–Kier alpha value is -4.89. The summed E-state index contributed by atoms with van der Waals surface area (Å²) < 4.78 is 63.1. The quantitative estimate of drug-likeness (QED) is 0.195. The smallest absolute Gasteiger partial charge is 0.351 e. The highest BCUT2D eigenvalue weighted by atomic mass is 19.1. The number of aromatic nitrogens is 6. The maximum Gasteiger partial charge on any atom is 0.351 e. The Balaban J connectivity index is 0.000000189. The number of nitrogens with two attached hydrogens (primary N) is 3. The van der Waals surface area contributed by atoms with Gasteiger partial charge in [0.15, 0.2) is 37.2 Å². The van der Waals surface area contributed by atoms with E-state index in [1.807, 2.05) is 13.8 Å². The summed E-state index contributed by atoms with van der Waals surface area (Å²) in [7, 11) is 0. The van der Waals surface area contributed by atoms with Crippen molar-refractivity contribution >= 4 is 17.5 Å². The first-order chi connectivity index (χ1) is 26.8. The highest BCUT2D eigenvalue weighted by molar-refractivity contribution is 5.25. The molecule has 3 saturated heterocycles. The fraction of sp³-hybridized carbons (Fsp3) is 0.568. The van der Waals surface area contributed by atoms with E-state index in [-0.39, 0.29) is 35.7 Å². The summed E-state index contributed by atoms with van der Waals surface area (Å²) in [5.41, 5.74) is 11.2. The van der Waals surface area contributed by atoms with Gasteiger partial charge in [-0.1, -0.05) is 46.8 Å². The highest BCUT2D eigenvalue weighted by Gasteiger charge is 2.55. The van der Waals surface area contributed by atoms with Crippen molar-refractivity contribution in [2.75, 3.05) is 23.8 Å². The van der Waals surface area contributed by atoms with Gasteiger partial charge in [0.1, 0.15) is 29.2 Å². The van der Waals surface area contributed by atoms with Gasteiger partial charge in [-0.2, -0.15) is 15.0 Å². The number of aliphatic hydroxyl groups excluding tert-OH is 2. The lowest BCUT2D eigenvalue weighted by Crippen LogP contribution is -2.44. The van der Waals surface area contributed by atoms with Gasteiger partial charge in [-0.3, -0.25) is 13.7 Å². The zero-order valence-corrected chi connectivity index (χ0v) is 32.5. The monoisotopic (exact) mass is 807 g/mol. The van der Waals surface area contributed by atoms with Crippen LogP contribution in [0.5, 0.6) is 0 Å². The van der Waals surface area contributed by atoms with Crippen LogP contribution in [0.25, 0.3) is 0 Å². The lowest BCUT2D eigenvalue weighted by molar-refractivity contribution is -0.130. The Morgan fingerprint density at radius 1 is 0.684 bits per heavy atom. The van der Waals surface area contributed by atoms with E-state index in [9.17, 15) is 37.8 Å². The molecule has 6 rings (SSSR count). The Kier molecular flexibility index (Phi) is 13.9. The molecule has 17 nitrogen and oxygen atoms in total. The average molecular weight is 808 g/mol. The lowest BCUT2D eigenvalue weighted by Gasteiger charge is -2.28. The van der Waals surface area contributed by atoms with Crippen LogP contribution in [0.3, 0.4) is 0 Å². The van der Waals surface area contributed by atoms with Crippen molar-refractivity contribution in [2.45, 2.75) is 114 Å². The summed E-state index contributed by atoms with van der Waals surface area (Å²) in [5, 5.41) is 19.2. The number of anilines is 3. The minimum absolute atomic E-state index is 0.0131. The minimum Gasteiger partial charge on any atom is -0.393 e. The number of rotatable bonds is 9. The summed E-state index contributed by atoms with van der Waals surface area (Å²) in [4.78, 5) is 45.8. The van der Waals surface area contributed by atoms with Gasteiger partial charge < -0.3 is 41.6 Å². The fourth-order valence-corrected chi connectivity index (χ4v) is 7.24. The Bertz CT molecular complexity index is 1970. The van der Waals surface area contributed by atoms with Gasteiger partial charge in [0.2, 0.25) is 0 Å². The molecule has 0 spiro atoms. The number of hydrogen-bond acceptors (Lipinski definition) is 14. The molecule has 0 aromatic carbocycles. The number of ether oxygens (including phenoxy) is 3. The number of hydrogen-bond donors (Lipinski definition) is 5. The fourth-order valence-electron chi connectivity index (χ4n) is 7.24. The number of aliphatic hydroxyl groups is 2. The summed E-state index contributed by atoms with van der Waals surface area (Å²) in [6, 6.07) is 4.22. The molecule has 0 amide bonds. The van der Waals surface area contributed by atoms with Crippen molar-refractivity contribution in [1.29, 1.82) is 0 Å². The third-order valence-corrected chi connectivity index (χ3v) is 11.2. The first-order valence-corrected chi connectivity index (χ1v) is 18.4. The number of halogens is 3. The topological polar surface area (TPSA) is 251 Å². The molecule has 20 heteroatoms. The van der Waals surface area contributed by atoms with Gasteiger partial charge in [-0.25, -0.2) is 27.6 Å². The van der Waals surface area contributed by atoms with Crippen LogP contribution in [-0.2, 0) is 14.2 Å². The Morgan fingerprint density at radius 2 is 1.02 bits per heavy atom. The molecule has 6 heterocycles. The van der Waals surface area contributed by atoms with E-state index in [2.05, 4.69) is 28.1 Å². The van der Waals surface area contributed by atoms with Gasteiger partial charge >= 0.3 is 17.1 Å². The maximum absolute atomic E-state index is 14.4. The molecule has 0 bridgehead atoms. The van der Waals surface area contributed by atoms with Crippen LogP contribution in [-0.4, -0.2) is 86.9 Å². The van der Waals surface area contributed by atoms with E-state index < -0.39 is 83.8 Å². The van der Waals surface area contributed by atoms with Crippen LogP contribution < -0.4 is 34.3 Å². The summed E-state index contributed by atoms with van der Waals surface area (Å²) in [6.45, 7) is 15.9. The van der Waals surface area contributed by atoms with Gasteiger partial charge in [0, 0.05) is 30.4 Å². The third-order valence-electron chi connectivity index (χ3n) is 11.2. The van der Waals surface area contributed by atoms with Crippen LogP contribution in [0.1, 0.15) is 72.6 Å². The second kappa shape index (κ2) is 17.7. The van der Waals surface area contributed by atoms with Crippen molar-refractivity contribution < 1.29 is 37.6 Å². The molecule has 0 radical (unpaired) electrons. The first-order valence-electron chi connectivity index (χ1n) is 18.4. The summed E-state index contributed by atoms with van der Waals surface area (Å²) in [5.74, 6) is -0.547. The predicted octanol–water partition coefficient (Wildman–Crippen LogP) is 2.52. The van der Waals surface area contributed by atoms with Crippen LogP contribution in [0.15, 0.2) is 76.5 Å². The van der Waals surface area contributed by atoms with Gasteiger partial charge in [0.25, 0.3) is 0 Å². The minimum atomic E-state index is -1.84. The number of nitrogens with zero attached hydrogens (tertiary/aromatic N) is 6. The first kappa shape index (κ1) is 44.8. The normalized spacial score (nSPS) is 34.5. The van der Waals surface area contributed by atoms with Crippen LogP contribution in [0.2, 0.25) is 0 Å². The molecular weight excluding hydrogens is 755 g/mol. The summed E-state index contributed by atoms with van der Waals surface area (Å²) >= 11 is 0. The molecular formula is C37H52F3N9O8. The zero-order chi connectivity index (χ0) is 42.6. The highest BCUT2D eigenvalue weighted by Crippen LogP contribution is 2.46. The predicted molar refractivity (Wildman–Crippen MR) is 205 cm³/mol. The molecule has 57 heavy (non-hydrogen) atoms. The SMILES string of the molecule is C=C[C@]1(CC)O[C@@H](n2ccc(N)nc2=O)[C@H](F)[C@@H]1C.C=C[C@]1(CC)O[C@@H](n2ccc(N)nc2=O)[C@H](F)[C@@H]1C.CC[C@]1(CO)O[C@@H](n2ccc(N)nc2=O)[C@H](F)[C@@H]1O. The molecule has 3 aromatic rings. The standard InChI is InChI=1S/2C13H18FN3O2.C11H16FN3O4/c2*1-4-13(5-2)8(3)10(14)11(19-13)17-7-6-9(15)16-12(17)18;1-2-11(5-16)8(17)7(12)9(19-11)15-4-3-6(13)14-10(15)18/h2*4,6-8,10-11H,1,5H2,2-3H3,(H2,15,16,18);3-4,7-9,16-17H,2,5H2,1H3,(H2,13,14,18)/t2*8-,10+,11+,13+;7-,8+,9-,11-/m001/s1. The molecule has 12 atom stereocenters. The van der Waals surface area contributed by atoms with Crippen molar-refractivity contribution in [3.63, 3.8) is 0 Å². The van der Waals surface area contributed by atoms with Crippen molar-refractivity contribution in [1.82, 2.24) is 28.7 Å². The largest absolute Gasteiger partial charge is 0.393 e. The van der Waals surface area contributed by atoms with Crippen LogP contribution in [0.4, 0.5) is 30.6 Å². The van der Waals surface area contributed by atoms with Crippen LogP contribution in [0, 0.1) is 11.8 Å². The summed E-state index contributed by atoms with van der Waals surface area (Å²) in [6.07, 6.45) is -0.611. The van der Waals surface area contributed by atoms with Crippen molar-refractivity contribution in [3.05, 3.63) is 93.6 Å². The van der Waals surface area contributed by atoms with E-state index in [1.165, 1.54) is 36.8 Å². The van der Waals surface area contributed by atoms with Crippen molar-refractivity contribution in [3.8, 4) is 0 Å². The van der Waals surface area contributed by atoms with E-state index in [0.29, 0.717) is 12.8 Å². The van der Waals surface area contributed by atoms with E-state index >= 15 is 0 Å². The third kappa shape index (κ3) is 8.40. The molecule has 3 fully saturated rings.